The van der Waals surface area contributed by atoms with E-state index in [4.69, 9.17) is 10.8 Å². The summed E-state index contributed by atoms with van der Waals surface area (Å²) >= 11 is 4.30. The Hall–Kier alpha value is -0.970. The second-order valence-corrected chi connectivity index (χ2v) is 2.69. The van der Waals surface area contributed by atoms with E-state index in [0.29, 0.717) is 13.0 Å². The maximum absolute atomic E-state index is 10.6. The van der Waals surface area contributed by atoms with Crippen molar-refractivity contribution in [3.63, 3.8) is 0 Å². The monoisotopic (exact) mass is 203 g/mol. The van der Waals surface area contributed by atoms with Gasteiger partial charge in [-0.3, -0.25) is 5.43 Å². The molecule has 0 aliphatic heterocycles. The van der Waals surface area contributed by atoms with Gasteiger partial charge in [0.05, 0.1) is 5.16 Å². The normalized spacial score (nSPS) is 11.5. The van der Waals surface area contributed by atoms with Gasteiger partial charge in [0.1, 0.15) is 6.04 Å². The predicted molar refractivity (Wildman–Crippen MR) is 52.5 cm³/mol. The van der Waals surface area contributed by atoms with E-state index in [1.165, 1.54) is 0 Å². The number of carboxylic acids is 1. The van der Waals surface area contributed by atoms with Gasteiger partial charge in [-0.2, -0.15) is 0 Å². The number of unbranched alkanes of at least 4 members (excludes halogenated alkanes) is 1. The first-order valence-corrected chi connectivity index (χ1v) is 4.38. The lowest BCUT2D eigenvalue weighted by Gasteiger charge is -2.09. The lowest BCUT2D eigenvalue weighted by Crippen LogP contribution is -2.33. The van der Waals surface area contributed by atoms with Crippen LogP contribution in [-0.2, 0) is 4.79 Å². The van der Waals surface area contributed by atoms with Gasteiger partial charge < -0.3 is 10.8 Å². The molecule has 0 rings (SSSR count). The summed E-state index contributed by atoms with van der Waals surface area (Å²) in [5.74, 6) is -0.939. The summed E-state index contributed by atoms with van der Waals surface area (Å²) in [6.07, 6.45) is 2.06. The molecule has 4 N–H and O–H groups in total. The summed E-state index contributed by atoms with van der Waals surface area (Å²) < 4.78 is 0. The van der Waals surface area contributed by atoms with Crippen LogP contribution in [0, 0.1) is 0 Å². The smallest absolute Gasteiger partial charge is 0.327 e. The second kappa shape index (κ2) is 7.67. The van der Waals surface area contributed by atoms with Crippen LogP contribution in [0.3, 0.4) is 0 Å². The summed E-state index contributed by atoms with van der Waals surface area (Å²) in [6, 6.07) is -0.693. The maximum atomic E-state index is 10.6. The number of carbonyl (C=O) groups is 1. The molecule has 0 bridgehead atoms. The quantitative estimate of drug-likeness (QED) is 0.238. The Morgan fingerprint density at radius 3 is 2.85 bits per heavy atom. The van der Waals surface area contributed by atoms with Crippen LogP contribution in [0.5, 0.6) is 0 Å². The third kappa shape index (κ3) is 6.21. The molecule has 0 saturated heterocycles. The van der Waals surface area contributed by atoms with Crippen LogP contribution in [0.1, 0.15) is 19.3 Å². The minimum Gasteiger partial charge on any atom is -0.480 e. The lowest BCUT2D eigenvalue weighted by atomic mass is 10.1. The molecule has 0 amide bonds. The number of isothiocyanates is 1. The summed E-state index contributed by atoms with van der Waals surface area (Å²) in [5, 5.41) is 14.1. The topological polar surface area (TPSA) is 87.7 Å². The zero-order valence-electron chi connectivity index (χ0n) is 7.19. The summed E-state index contributed by atoms with van der Waals surface area (Å²) in [6.45, 7) is 0.572. The highest BCUT2D eigenvalue weighted by molar-refractivity contribution is 7.78. The average Bonchev–Trinajstić information content (AvgIpc) is 2.10. The zero-order valence-corrected chi connectivity index (χ0v) is 8.01. The van der Waals surface area contributed by atoms with E-state index in [0.717, 1.165) is 12.8 Å². The van der Waals surface area contributed by atoms with Crippen molar-refractivity contribution < 1.29 is 9.90 Å². The fraction of sp³-hybridized carbons (Fsp3) is 0.714. The van der Waals surface area contributed by atoms with Gasteiger partial charge in [0.15, 0.2) is 0 Å². The first-order valence-electron chi connectivity index (χ1n) is 3.97. The van der Waals surface area contributed by atoms with E-state index in [2.05, 4.69) is 27.9 Å². The lowest BCUT2D eigenvalue weighted by molar-refractivity contribution is -0.139. The molecule has 0 aromatic heterocycles. The van der Waals surface area contributed by atoms with E-state index in [9.17, 15) is 4.79 Å². The number of thiocarbonyl (C=S) groups is 1. The van der Waals surface area contributed by atoms with E-state index in [1.807, 2.05) is 0 Å². The fourth-order valence-corrected chi connectivity index (χ4v) is 0.893. The minimum atomic E-state index is -0.939. The maximum Gasteiger partial charge on any atom is 0.327 e. The molecule has 13 heavy (non-hydrogen) atoms. The molecule has 0 aliphatic rings. The Kier molecular flexibility index (Phi) is 7.10. The number of nitrogens with two attached hydrogens (primary N) is 1. The first-order chi connectivity index (χ1) is 6.22. The summed E-state index contributed by atoms with van der Waals surface area (Å²) in [5.41, 5.74) is 7.67. The van der Waals surface area contributed by atoms with Crippen molar-refractivity contribution in [3.8, 4) is 0 Å². The molecule has 0 spiro atoms. The van der Waals surface area contributed by atoms with Gasteiger partial charge in [-0.25, -0.2) is 4.79 Å². The first kappa shape index (κ1) is 12.0. The van der Waals surface area contributed by atoms with Crippen LogP contribution >= 0.6 is 12.2 Å². The number of nitrogens with one attached hydrogen (secondary N) is 1. The summed E-state index contributed by atoms with van der Waals surface area (Å²) in [7, 11) is 0. The third-order valence-corrected chi connectivity index (χ3v) is 1.60. The standard InChI is InChI=1S/C7H13N3O2S/c8-4-2-1-3-6(7(11)12)10-9-5-13/h6,10H,1-4,8H2,(H,11,12). The molecule has 0 aliphatic carbocycles. The third-order valence-electron chi connectivity index (χ3n) is 1.51. The molecule has 6 heteroatoms. The van der Waals surface area contributed by atoms with E-state index in [-0.39, 0.29) is 0 Å². The van der Waals surface area contributed by atoms with Crippen molar-refractivity contribution in [3.05, 3.63) is 0 Å². The van der Waals surface area contributed by atoms with Crippen molar-refractivity contribution in [1.29, 1.82) is 0 Å². The highest BCUT2D eigenvalue weighted by Crippen LogP contribution is 2.00. The van der Waals surface area contributed by atoms with Crippen molar-refractivity contribution >= 4 is 23.3 Å². The number of hydrogen-bond donors (Lipinski definition) is 3. The molecule has 0 heterocycles. The average molecular weight is 203 g/mol. The highest BCUT2D eigenvalue weighted by Gasteiger charge is 2.14. The molecule has 0 radical (unpaired) electrons. The predicted octanol–water partition coefficient (Wildman–Crippen LogP) is 0.176. The van der Waals surface area contributed by atoms with E-state index in [1.54, 1.807) is 0 Å². The Morgan fingerprint density at radius 2 is 2.38 bits per heavy atom. The molecule has 1 atom stereocenters. The Morgan fingerprint density at radius 1 is 1.69 bits per heavy atom. The number of hydrazone groups is 1. The van der Waals surface area contributed by atoms with Crippen LogP contribution in [0.25, 0.3) is 0 Å². The molecule has 5 nitrogen and oxygen atoms in total. The number of aliphatic carboxylic acids is 1. The van der Waals surface area contributed by atoms with Crippen LogP contribution < -0.4 is 11.2 Å². The Labute approximate surface area is 82.0 Å². The van der Waals surface area contributed by atoms with E-state index >= 15 is 0 Å². The largest absolute Gasteiger partial charge is 0.480 e. The zero-order chi connectivity index (χ0) is 10.1. The fourth-order valence-electron chi connectivity index (χ4n) is 0.840. The number of rotatable bonds is 7. The van der Waals surface area contributed by atoms with Crippen LogP contribution in [0.4, 0.5) is 0 Å². The highest BCUT2D eigenvalue weighted by atomic mass is 32.1. The van der Waals surface area contributed by atoms with Crippen molar-refractivity contribution in [2.45, 2.75) is 25.3 Å². The molecular formula is C7H13N3O2S. The number of hydrogen-bond acceptors (Lipinski definition) is 5. The van der Waals surface area contributed by atoms with Gasteiger partial charge >= 0.3 is 5.97 Å². The SMILES string of the molecule is NCCCCC(NN=C=S)C(=O)O. The molecule has 0 aromatic carbocycles. The Balaban J connectivity index is 3.80. The Bertz CT molecular complexity index is 204. The van der Waals surface area contributed by atoms with Gasteiger partial charge in [-0.15, -0.1) is 5.10 Å². The van der Waals surface area contributed by atoms with Crippen molar-refractivity contribution in [1.82, 2.24) is 5.43 Å². The number of carboxylic acid groups (broad SMARTS) is 1. The van der Waals surface area contributed by atoms with Crippen LogP contribution in [0.2, 0.25) is 0 Å². The second-order valence-electron chi connectivity index (χ2n) is 2.51. The van der Waals surface area contributed by atoms with Crippen molar-refractivity contribution in [2.24, 2.45) is 10.8 Å². The molecule has 1 unspecified atom stereocenters. The molecule has 74 valence electrons. The molecular weight excluding hydrogens is 190 g/mol. The van der Waals surface area contributed by atoms with Crippen LogP contribution in [-0.4, -0.2) is 28.8 Å². The van der Waals surface area contributed by atoms with Gasteiger partial charge in [0, 0.05) is 0 Å². The minimum absolute atomic E-state index is 0.493. The van der Waals surface area contributed by atoms with Gasteiger partial charge in [-0.05, 0) is 38.0 Å². The van der Waals surface area contributed by atoms with E-state index < -0.39 is 12.0 Å². The molecule has 0 fully saturated rings. The van der Waals surface area contributed by atoms with Gasteiger partial charge in [-0.1, -0.05) is 0 Å². The van der Waals surface area contributed by atoms with Crippen LogP contribution in [0.15, 0.2) is 5.10 Å². The number of nitrogens with zero attached hydrogens (tertiary/aromatic N) is 1. The van der Waals surface area contributed by atoms with Gasteiger partial charge in [0.25, 0.3) is 0 Å². The summed E-state index contributed by atoms with van der Waals surface area (Å²) in [4.78, 5) is 10.6. The molecule has 0 aromatic rings. The van der Waals surface area contributed by atoms with Crippen molar-refractivity contribution in [2.75, 3.05) is 6.54 Å². The van der Waals surface area contributed by atoms with Gasteiger partial charge in [0.2, 0.25) is 0 Å². The molecule has 0 saturated carbocycles.